The summed E-state index contributed by atoms with van der Waals surface area (Å²) in [6.45, 7) is 5.10. The third-order valence-electron chi connectivity index (χ3n) is 3.84. The fraction of sp³-hybridized carbons (Fsp3) is 0.769. The number of rotatable bonds is 5. The highest BCUT2D eigenvalue weighted by Crippen LogP contribution is 2.48. The molecule has 1 saturated carbocycles. The SMILES string of the molecule is CCN(CC1CCCO1)c1snc(N)c1C1CC1. The van der Waals surface area contributed by atoms with E-state index in [9.17, 15) is 0 Å². The standard InChI is InChI=1S/C13H21N3OS/c1-2-16(8-10-4-3-7-17-10)13-11(9-5-6-9)12(14)15-18-13/h9-10H,2-8H2,1H3,(H2,14,15). The zero-order valence-corrected chi connectivity index (χ0v) is 11.7. The molecule has 1 aliphatic heterocycles. The Labute approximate surface area is 112 Å². The minimum Gasteiger partial charge on any atom is -0.383 e. The van der Waals surface area contributed by atoms with Crippen LogP contribution in [0.25, 0.3) is 0 Å². The van der Waals surface area contributed by atoms with E-state index in [0.717, 1.165) is 25.5 Å². The van der Waals surface area contributed by atoms with E-state index in [1.807, 2.05) is 0 Å². The largest absolute Gasteiger partial charge is 0.383 e. The molecular weight excluding hydrogens is 246 g/mol. The molecule has 100 valence electrons. The molecule has 5 heteroatoms. The molecule has 2 fully saturated rings. The van der Waals surface area contributed by atoms with Crippen molar-refractivity contribution in [3.8, 4) is 0 Å². The molecule has 0 aromatic carbocycles. The van der Waals surface area contributed by atoms with Gasteiger partial charge in [-0.3, -0.25) is 0 Å². The minimum absolute atomic E-state index is 0.389. The molecule has 2 heterocycles. The van der Waals surface area contributed by atoms with Gasteiger partial charge in [-0.2, -0.15) is 4.37 Å². The summed E-state index contributed by atoms with van der Waals surface area (Å²) in [6, 6.07) is 0. The van der Waals surface area contributed by atoms with Gasteiger partial charge in [-0.25, -0.2) is 0 Å². The Morgan fingerprint density at radius 3 is 2.89 bits per heavy atom. The van der Waals surface area contributed by atoms with E-state index in [1.54, 1.807) is 11.5 Å². The van der Waals surface area contributed by atoms with Crippen molar-refractivity contribution in [2.45, 2.75) is 44.6 Å². The molecule has 1 aliphatic carbocycles. The highest BCUT2D eigenvalue weighted by molar-refractivity contribution is 7.10. The summed E-state index contributed by atoms with van der Waals surface area (Å²) in [5.74, 6) is 1.42. The molecule has 1 aromatic heterocycles. The second-order valence-corrected chi connectivity index (χ2v) is 5.99. The molecule has 1 unspecified atom stereocenters. The molecule has 1 aromatic rings. The third-order valence-corrected chi connectivity index (χ3v) is 4.78. The minimum atomic E-state index is 0.389. The Kier molecular flexibility index (Phi) is 3.43. The van der Waals surface area contributed by atoms with Crippen molar-refractivity contribution in [3.05, 3.63) is 5.56 Å². The van der Waals surface area contributed by atoms with Crippen LogP contribution in [0.1, 0.15) is 44.1 Å². The summed E-state index contributed by atoms with van der Waals surface area (Å²) in [5.41, 5.74) is 7.33. The Hall–Kier alpha value is -0.810. The van der Waals surface area contributed by atoms with E-state index >= 15 is 0 Å². The first-order valence-electron chi connectivity index (χ1n) is 6.91. The van der Waals surface area contributed by atoms with Crippen molar-refractivity contribution in [3.63, 3.8) is 0 Å². The average molecular weight is 267 g/mol. The van der Waals surface area contributed by atoms with Gasteiger partial charge in [-0.05, 0) is 50.1 Å². The maximum absolute atomic E-state index is 6.02. The molecule has 0 bridgehead atoms. The molecule has 0 amide bonds. The lowest BCUT2D eigenvalue weighted by molar-refractivity contribution is 0.116. The number of hydrogen-bond donors (Lipinski definition) is 1. The molecule has 18 heavy (non-hydrogen) atoms. The number of nitrogens with zero attached hydrogens (tertiary/aromatic N) is 2. The van der Waals surface area contributed by atoms with E-state index in [4.69, 9.17) is 10.5 Å². The number of ether oxygens (including phenoxy) is 1. The van der Waals surface area contributed by atoms with Gasteiger partial charge >= 0.3 is 0 Å². The van der Waals surface area contributed by atoms with Gasteiger partial charge in [0.15, 0.2) is 0 Å². The Morgan fingerprint density at radius 1 is 1.44 bits per heavy atom. The van der Waals surface area contributed by atoms with Crippen molar-refractivity contribution in [2.75, 3.05) is 30.3 Å². The maximum Gasteiger partial charge on any atom is 0.142 e. The highest BCUT2D eigenvalue weighted by atomic mass is 32.1. The van der Waals surface area contributed by atoms with Crippen LogP contribution in [0.4, 0.5) is 10.8 Å². The first-order valence-corrected chi connectivity index (χ1v) is 7.68. The molecule has 4 nitrogen and oxygen atoms in total. The van der Waals surface area contributed by atoms with Crippen LogP contribution >= 0.6 is 11.5 Å². The zero-order chi connectivity index (χ0) is 12.5. The van der Waals surface area contributed by atoms with Gasteiger partial charge in [-0.15, -0.1) is 0 Å². The van der Waals surface area contributed by atoms with E-state index in [0.29, 0.717) is 12.0 Å². The van der Waals surface area contributed by atoms with Crippen LogP contribution in [0.15, 0.2) is 0 Å². The van der Waals surface area contributed by atoms with Crippen LogP contribution in [0.3, 0.4) is 0 Å². The Balaban J connectivity index is 1.77. The first kappa shape index (κ1) is 12.2. The molecule has 0 radical (unpaired) electrons. The summed E-state index contributed by atoms with van der Waals surface area (Å²) in [7, 11) is 0. The first-order chi connectivity index (χ1) is 8.79. The van der Waals surface area contributed by atoms with Crippen LogP contribution in [-0.4, -0.2) is 30.2 Å². The normalized spacial score (nSPS) is 23.5. The molecule has 2 aliphatic rings. The van der Waals surface area contributed by atoms with Crippen molar-refractivity contribution < 1.29 is 4.74 Å². The van der Waals surface area contributed by atoms with Gasteiger partial charge in [-0.1, -0.05) is 0 Å². The third kappa shape index (κ3) is 2.34. The van der Waals surface area contributed by atoms with E-state index < -0.39 is 0 Å². The predicted molar refractivity (Wildman–Crippen MR) is 75.4 cm³/mol. The summed E-state index contributed by atoms with van der Waals surface area (Å²) in [6.07, 6.45) is 5.31. The van der Waals surface area contributed by atoms with Crippen molar-refractivity contribution in [1.29, 1.82) is 0 Å². The maximum atomic E-state index is 6.02. The molecule has 1 saturated heterocycles. The topological polar surface area (TPSA) is 51.4 Å². The van der Waals surface area contributed by atoms with E-state index in [-0.39, 0.29) is 0 Å². The van der Waals surface area contributed by atoms with Crippen molar-refractivity contribution in [2.24, 2.45) is 0 Å². The monoisotopic (exact) mass is 267 g/mol. The Morgan fingerprint density at radius 2 is 2.28 bits per heavy atom. The van der Waals surface area contributed by atoms with Gasteiger partial charge in [0.2, 0.25) is 0 Å². The molecule has 1 atom stereocenters. The van der Waals surface area contributed by atoms with E-state index in [2.05, 4.69) is 16.2 Å². The van der Waals surface area contributed by atoms with Crippen molar-refractivity contribution in [1.82, 2.24) is 4.37 Å². The summed E-state index contributed by atoms with van der Waals surface area (Å²) in [4.78, 5) is 2.40. The fourth-order valence-electron chi connectivity index (χ4n) is 2.67. The van der Waals surface area contributed by atoms with Gasteiger partial charge in [0.1, 0.15) is 10.8 Å². The molecule has 3 rings (SSSR count). The van der Waals surface area contributed by atoms with Gasteiger partial charge in [0, 0.05) is 25.3 Å². The number of nitrogen functional groups attached to an aromatic ring is 1. The highest BCUT2D eigenvalue weighted by Gasteiger charge is 2.32. The smallest absolute Gasteiger partial charge is 0.142 e. The van der Waals surface area contributed by atoms with E-state index in [1.165, 1.54) is 36.2 Å². The molecule has 0 spiro atoms. The number of hydrogen-bond acceptors (Lipinski definition) is 5. The fourth-order valence-corrected chi connectivity index (χ4v) is 3.65. The lowest BCUT2D eigenvalue weighted by atomic mass is 10.2. The number of nitrogens with two attached hydrogens (primary N) is 1. The second kappa shape index (κ2) is 5.05. The van der Waals surface area contributed by atoms with Crippen molar-refractivity contribution >= 4 is 22.4 Å². The zero-order valence-electron chi connectivity index (χ0n) is 10.9. The summed E-state index contributed by atoms with van der Waals surface area (Å²) in [5, 5.41) is 1.29. The van der Waals surface area contributed by atoms with Crippen LogP contribution < -0.4 is 10.6 Å². The lowest BCUT2D eigenvalue weighted by Crippen LogP contribution is -2.32. The van der Waals surface area contributed by atoms with Gasteiger partial charge in [0.25, 0.3) is 0 Å². The second-order valence-electron chi connectivity index (χ2n) is 5.23. The van der Waals surface area contributed by atoms with Crippen LogP contribution in [0, 0.1) is 0 Å². The number of anilines is 2. The summed E-state index contributed by atoms with van der Waals surface area (Å²) < 4.78 is 10.1. The molecular formula is C13H21N3OS. The summed E-state index contributed by atoms with van der Waals surface area (Å²) >= 11 is 1.56. The molecule has 2 N–H and O–H groups in total. The number of likely N-dealkylation sites (N-methyl/N-ethyl adjacent to an activating group) is 1. The average Bonchev–Trinajstić information content (AvgIpc) is 2.93. The van der Waals surface area contributed by atoms with Gasteiger partial charge < -0.3 is 15.4 Å². The van der Waals surface area contributed by atoms with Gasteiger partial charge in [0.05, 0.1) is 6.10 Å². The quantitative estimate of drug-likeness (QED) is 0.891. The van der Waals surface area contributed by atoms with Crippen LogP contribution in [-0.2, 0) is 4.74 Å². The Bertz CT molecular complexity index is 410. The van der Waals surface area contributed by atoms with Crippen LogP contribution in [0.5, 0.6) is 0 Å². The lowest BCUT2D eigenvalue weighted by Gasteiger charge is -2.25. The number of aromatic nitrogens is 1. The predicted octanol–water partition coefficient (Wildman–Crippen LogP) is 2.61. The van der Waals surface area contributed by atoms with Crippen LogP contribution in [0.2, 0.25) is 0 Å².